The summed E-state index contributed by atoms with van der Waals surface area (Å²) in [5.74, 6) is 0.436. The molecule has 1 N–H and O–H groups in total. The van der Waals surface area contributed by atoms with Gasteiger partial charge in [0.1, 0.15) is 0 Å². The monoisotopic (exact) mass is 281 g/mol. The van der Waals surface area contributed by atoms with Gasteiger partial charge in [-0.3, -0.25) is 4.79 Å². The second-order valence-electron chi connectivity index (χ2n) is 4.70. The van der Waals surface area contributed by atoms with Gasteiger partial charge in [0, 0.05) is 30.4 Å². The van der Waals surface area contributed by atoms with E-state index in [0.29, 0.717) is 17.1 Å². The number of pyridine rings is 1. The lowest BCUT2D eigenvalue weighted by atomic mass is 10.1. The fraction of sp³-hybridized carbons (Fsp3) is 0.125. The molecule has 0 aliphatic carbocycles. The lowest BCUT2D eigenvalue weighted by Crippen LogP contribution is -2.26. The second-order valence-corrected chi connectivity index (χ2v) is 4.70. The number of methoxy groups -OCH3 is 1. The Bertz CT molecular complexity index is 778. The normalized spacial score (nSPS) is 10.6. The van der Waals surface area contributed by atoms with Crippen LogP contribution in [0.1, 0.15) is 10.4 Å². The summed E-state index contributed by atoms with van der Waals surface area (Å²) in [6, 6.07) is 11.1. The summed E-state index contributed by atoms with van der Waals surface area (Å²) in [5, 5.41) is 1.08. The molecular weight excluding hydrogens is 266 g/mol. The number of nitrogens with one attached hydrogen (secondary N) is 1. The third-order valence-electron chi connectivity index (χ3n) is 3.42. The van der Waals surface area contributed by atoms with Crippen LogP contribution >= 0.6 is 0 Å². The van der Waals surface area contributed by atoms with Crippen LogP contribution in [-0.4, -0.2) is 30.0 Å². The molecule has 0 bridgehead atoms. The van der Waals surface area contributed by atoms with Crippen molar-refractivity contribution >= 4 is 22.5 Å². The average molecular weight is 281 g/mol. The number of nitrogens with zero attached hydrogens (tertiary/aromatic N) is 2. The van der Waals surface area contributed by atoms with E-state index in [0.717, 1.165) is 10.9 Å². The molecule has 106 valence electrons. The van der Waals surface area contributed by atoms with Gasteiger partial charge in [0.2, 0.25) is 5.88 Å². The van der Waals surface area contributed by atoms with Crippen LogP contribution in [0.5, 0.6) is 5.88 Å². The Morgan fingerprint density at radius 1 is 1.24 bits per heavy atom. The first-order valence-electron chi connectivity index (χ1n) is 6.54. The van der Waals surface area contributed by atoms with Crippen LogP contribution in [0.3, 0.4) is 0 Å². The number of ether oxygens (including phenoxy) is 1. The Morgan fingerprint density at radius 2 is 2.10 bits per heavy atom. The lowest BCUT2D eigenvalue weighted by molar-refractivity contribution is 0.0993. The van der Waals surface area contributed by atoms with Crippen molar-refractivity contribution in [3.05, 3.63) is 54.4 Å². The summed E-state index contributed by atoms with van der Waals surface area (Å²) in [6.45, 7) is 0. The van der Waals surface area contributed by atoms with Gasteiger partial charge in [-0.25, -0.2) is 4.98 Å². The highest BCUT2D eigenvalue weighted by atomic mass is 16.5. The topological polar surface area (TPSA) is 58.2 Å². The fourth-order valence-electron chi connectivity index (χ4n) is 2.18. The van der Waals surface area contributed by atoms with E-state index in [9.17, 15) is 4.79 Å². The van der Waals surface area contributed by atoms with Gasteiger partial charge in [-0.1, -0.05) is 6.07 Å². The molecule has 3 rings (SSSR count). The molecule has 0 radical (unpaired) electrons. The lowest BCUT2D eigenvalue weighted by Gasteiger charge is -2.17. The maximum absolute atomic E-state index is 12.5. The predicted molar refractivity (Wildman–Crippen MR) is 81.8 cm³/mol. The highest BCUT2D eigenvalue weighted by Gasteiger charge is 2.14. The quantitative estimate of drug-likeness (QED) is 0.803. The zero-order chi connectivity index (χ0) is 14.8. The molecule has 0 fully saturated rings. The summed E-state index contributed by atoms with van der Waals surface area (Å²) in [6.07, 6.45) is 3.47. The number of carbonyl (C=O) groups excluding carboxylic acids is 1. The Balaban J connectivity index is 1.88. The number of anilines is 1. The van der Waals surface area contributed by atoms with E-state index in [2.05, 4.69) is 9.97 Å². The molecule has 1 amide bonds. The minimum atomic E-state index is -0.0848. The maximum Gasteiger partial charge on any atom is 0.258 e. The van der Waals surface area contributed by atoms with Gasteiger partial charge in [0.15, 0.2) is 0 Å². The van der Waals surface area contributed by atoms with Gasteiger partial charge in [-0.15, -0.1) is 0 Å². The Hall–Kier alpha value is -2.82. The van der Waals surface area contributed by atoms with Crippen molar-refractivity contribution in [2.24, 2.45) is 0 Å². The van der Waals surface area contributed by atoms with E-state index in [4.69, 9.17) is 4.74 Å². The van der Waals surface area contributed by atoms with E-state index in [1.165, 1.54) is 0 Å². The molecule has 0 unspecified atom stereocenters. The van der Waals surface area contributed by atoms with Crippen LogP contribution in [0, 0.1) is 0 Å². The van der Waals surface area contributed by atoms with Crippen molar-refractivity contribution in [1.29, 1.82) is 0 Å². The van der Waals surface area contributed by atoms with Gasteiger partial charge in [0.05, 0.1) is 19.0 Å². The first-order valence-corrected chi connectivity index (χ1v) is 6.54. The van der Waals surface area contributed by atoms with E-state index >= 15 is 0 Å². The number of fused-ring (bicyclic) bond motifs is 1. The van der Waals surface area contributed by atoms with Gasteiger partial charge >= 0.3 is 0 Å². The third kappa shape index (κ3) is 2.45. The molecule has 0 atom stereocenters. The second kappa shape index (κ2) is 5.28. The number of aromatic nitrogens is 2. The van der Waals surface area contributed by atoms with Crippen LogP contribution in [0.25, 0.3) is 10.9 Å². The number of H-pyrrole nitrogens is 1. The Morgan fingerprint density at radius 3 is 2.81 bits per heavy atom. The van der Waals surface area contributed by atoms with E-state index in [1.807, 2.05) is 30.5 Å². The molecule has 5 heteroatoms. The molecular formula is C16H15N3O2. The highest BCUT2D eigenvalue weighted by Crippen LogP contribution is 2.19. The highest BCUT2D eigenvalue weighted by molar-refractivity contribution is 6.07. The zero-order valence-electron chi connectivity index (χ0n) is 11.8. The van der Waals surface area contributed by atoms with Crippen LogP contribution < -0.4 is 9.64 Å². The first kappa shape index (κ1) is 13.2. The first-order chi connectivity index (χ1) is 10.2. The number of benzene rings is 1. The van der Waals surface area contributed by atoms with Gasteiger partial charge in [-0.05, 0) is 29.7 Å². The molecule has 0 saturated heterocycles. The summed E-state index contributed by atoms with van der Waals surface area (Å²) in [4.78, 5) is 21.3. The molecule has 0 aliphatic heterocycles. The molecule has 3 aromatic rings. The van der Waals surface area contributed by atoms with Crippen LogP contribution in [-0.2, 0) is 0 Å². The predicted octanol–water partition coefficient (Wildman–Crippen LogP) is 2.85. The number of carbonyl (C=O) groups is 1. The standard InChI is InChI=1S/C16H15N3O2/c1-19(13-5-6-15(21-2)18-10-13)16(20)12-4-3-11-7-8-17-14(11)9-12/h3-10,17H,1-2H3. The SMILES string of the molecule is COc1ccc(N(C)C(=O)c2ccc3cc[nH]c3c2)cn1. The largest absolute Gasteiger partial charge is 0.481 e. The molecule has 2 heterocycles. The molecule has 0 spiro atoms. The molecule has 2 aromatic heterocycles. The van der Waals surface area contributed by atoms with Gasteiger partial charge in [-0.2, -0.15) is 0 Å². The summed E-state index contributed by atoms with van der Waals surface area (Å²) < 4.78 is 5.01. The molecule has 5 nitrogen and oxygen atoms in total. The number of amides is 1. The van der Waals surface area contributed by atoms with Crippen molar-refractivity contribution in [2.45, 2.75) is 0 Å². The van der Waals surface area contributed by atoms with E-state index in [-0.39, 0.29) is 5.91 Å². The van der Waals surface area contributed by atoms with Gasteiger partial charge in [0.25, 0.3) is 5.91 Å². The minimum absolute atomic E-state index is 0.0848. The van der Waals surface area contributed by atoms with Crippen molar-refractivity contribution < 1.29 is 9.53 Å². The van der Waals surface area contributed by atoms with Crippen molar-refractivity contribution in [3.8, 4) is 5.88 Å². The van der Waals surface area contributed by atoms with Crippen LogP contribution in [0.2, 0.25) is 0 Å². The van der Waals surface area contributed by atoms with Crippen molar-refractivity contribution in [1.82, 2.24) is 9.97 Å². The van der Waals surface area contributed by atoms with E-state index < -0.39 is 0 Å². The zero-order valence-corrected chi connectivity index (χ0v) is 11.8. The van der Waals surface area contributed by atoms with Crippen LogP contribution in [0.15, 0.2) is 48.8 Å². The Kier molecular flexibility index (Phi) is 3.31. The molecule has 0 aliphatic rings. The minimum Gasteiger partial charge on any atom is -0.481 e. The van der Waals surface area contributed by atoms with E-state index in [1.54, 1.807) is 37.4 Å². The third-order valence-corrected chi connectivity index (χ3v) is 3.42. The maximum atomic E-state index is 12.5. The van der Waals surface area contributed by atoms with Crippen LogP contribution in [0.4, 0.5) is 5.69 Å². The molecule has 1 aromatic carbocycles. The fourth-order valence-corrected chi connectivity index (χ4v) is 2.18. The Labute approximate surface area is 122 Å². The number of hydrogen-bond acceptors (Lipinski definition) is 3. The molecule has 0 saturated carbocycles. The number of aromatic amines is 1. The number of rotatable bonds is 3. The van der Waals surface area contributed by atoms with Crippen molar-refractivity contribution in [3.63, 3.8) is 0 Å². The number of hydrogen-bond donors (Lipinski definition) is 1. The summed E-state index contributed by atoms with van der Waals surface area (Å²) in [5.41, 5.74) is 2.29. The summed E-state index contributed by atoms with van der Waals surface area (Å²) in [7, 11) is 3.28. The van der Waals surface area contributed by atoms with Gasteiger partial charge < -0.3 is 14.6 Å². The average Bonchev–Trinajstić information content (AvgIpc) is 3.01. The smallest absolute Gasteiger partial charge is 0.258 e. The van der Waals surface area contributed by atoms with Crippen molar-refractivity contribution in [2.75, 3.05) is 19.1 Å². The molecule has 21 heavy (non-hydrogen) atoms. The summed E-state index contributed by atoms with van der Waals surface area (Å²) >= 11 is 0.